The van der Waals surface area contributed by atoms with Crippen LogP contribution >= 0.6 is 0 Å². The largest absolute Gasteiger partial charge is 0.450 e. The van der Waals surface area contributed by atoms with Crippen LogP contribution in [-0.2, 0) is 9.47 Å². The maximum absolute atomic E-state index is 12.1. The summed E-state index contributed by atoms with van der Waals surface area (Å²) < 4.78 is 10.8. The molecule has 0 spiro atoms. The normalized spacial score (nSPS) is 31.0. The van der Waals surface area contributed by atoms with Crippen molar-refractivity contribution < 1.29 is 14.3 Å². The summed E-state index contributed by atoms with van der Waals surface area (Å²) >= 11 is 0. The Balaban J connectivity index is 2.16. The third-order valence-electron chi connectivity index (χ3n) is 3.75. The summed E-state index contributed by atoms with van der Waals surface area (Å²) in [6.07, 6.45) is 8.39. The fraction of sp³-hybridized carbons (Fsp3) is 0.786. The number of ether oxygens (including phenoxy) is 2. The Hall–Kier alpha value is -1.03. The molecule has 0 aromatic carbocycles. The van der Waals surface area contributed by atoms with Gasteiger partial charge in [0.05, 0.1) is 6.61 Å². The van der Waals surface area contributed by atoms with Crippen LogP contribution in [0.5, 0.6) is 0 Å². The predicted molar refractivity (Wildman–Crippen MR) is 69.2 cm³/mol. The van der Waals surface area contributed by atoms with Crippen LogP contribution in [0.4, 0.5) is 4.79 Å². The summed E-state index contributed by atoms with van der Waals surface area (Å²) in [6.45, 7) is 4.80. The lowest BCUT2D eigenvalue weighted by Gasteiger charge is -2.44. The summed E-state index contributed by atoms with van der Waals surface area (Å²) in [6, 6.07) is 0.249. The molecule has 1 aliphatic heterocycles. The first-order chi connectivity index (χ1) is 8.77. The minimum atomic E-state index is -0.256. The minimum absolute atomic E-state index is 0.239. The molecule has 1 heterocycles. The third-order valence-corrected chi connectivity index (χ3v) is 3.75. The maximum atomic E-state index is 12.1. The second-order valence-electron chi connectivity index (χ2n) is 4.85. The molecule has 1 fully saturated rings. The summed E-state index contributed by atoms with van der Waals surface area (Å²) in [4.78, 5) is 13.9. The van der Waals surface area contributed by atoms with E-state index in [0.717, 1.165) is 12.8 Å². The molecular formula is C14H23NO3. The molecule has 1 amide bonds. The molecule has 0 saturated heterocycles. The highest BCUT2D eigenvalue weighted by atomic mass is 16.6. The quantitative estimate of drug-likeness (QED) is 0.726. The van der Waals surface area contributed by atoms with E-state index in [1.54, 1.807) is 4.90 Å². The molecule has 18 heavy (non-hydrogen) atoms. The van der Waals surface area contributed by atoms with Crippen molar-refractivity contribution in [2.24, 2.45) is 5.92 Å². The van der Waals surface area contributed by atoms with Crippen molar-refractivity contribution in [1.82, 2.24) is 4.90 Å². The number of carbonyl (C=O) groups excluding carboxylic acids is 1. The molecule has 3 unspecified atom stereocenters. The van der Waals surface area contributed by atoms with Gasteiger partial charge in [-0.25, -0.2) is 4.79 Å². The van der Waals surface area contributed by atoms with E-state index in [2.05, 4.69) is 6.08 Å². The van der Waals surface area contributed by atoms with Crippen molar-refractivity contribution >= 4 is 6.09 Å². The van der Waals surface area contributed by atoms with Gasteiger partial charge in [0.15, 0.2) is 6.23 Å². The van der Waals surface area contributed by atoms with E-state index in [4.69, 9.17) is 9.47 Å². The standard InChI is InChI=1S/C14H23NO3/c1-3-17-13-10-9-11-7-5-6-8-12(11)15(13)14(16)18-4-2/h9-13H,3-8H2,1-2H3. The molecule has 4 nitrogen and oxygen atoms in total. The molecule has 0 aromatic rings. The molecule has 2 aliphatic rings. The van der Waals surface area contributed by atoms with Crippen molar-refractivity contribution in [1.29, 1.82) is 0 Å². The molecule has 1 aliphatic carbocycles. The molecule has 0 aromatic heterocycles. The third kappa shape index (κ3) is 2.69. The van der Waals surface area contributed by atoms with Gasteiger partial charge in [-0.1, -0.05) is 18.9 Å². The lowest BCUT2D eigenvalue weighted by atomic mass is 9.81. The van der Waals surface area contributed by atoms with Crippen LogP contribution in [0.15, 0.2) is 12.2 Å². The van der Waals surface area contributed by atoms with Gasteiger partial charge in [-0.3, -0.25) is 4.90 Å². The van der Waals surface area contributed by atoms with Gasteiger partial charge in [0, 0.05) is 12.6 Å². The van der Waals surface area contributed by atoms with Gasteiger partial charge in [0.1, 0.15) is 0 Å². The van der Waals surface area contributed by atoms with Crippen molar-refractivity contribution in [2.75, 3.05) is 13.2 Å². The first-order valence-electron chi connectivity index (χ1n) is 7.03. The Kier molecular flexibility index (Phi) is 4.64. The van der Waals surface area contributed by atoms with Crippen molar-refractivity contribution in [3.8, 4) is 0 Å². The molecule has 0 radical (unpaired) electrons. The summed E-state index contributed by atoms with van der Waals surface area (Å²) in [7, 11) is 0. The van der Waals surface area contributed by atoms with E-state index in [1.165, 1.54) is 12.8 Å². The lowest BCUT2D eigenvalue weighted by Crippen LogP contribution is -2.53. The number of hydrogen-bond donors (Lipinski definition) is 0. The smallest absolute Gasteiger partial charge is 0.412 e. The fourth-order valence-corrected chi connectivity index (χ4v) is 2.97. The monoisotopic (exact) mass is 253 g/mol. The van der Waals surface area contributed by atoms with E-state index in [9.17, 15) is 4.79 Å². The number of hydrogen-bond acceptors (Lipinski definition) is 3. The Bertz CT molecular complexity index is 316. The van der Waals surface area contributed by atoms with Gasteiger partial charge in [-0.2, -0.15) is 0 Å². The number of carbonyl (C=O) groups is 1. The zero-order valence-corrected chi connectivity index (χ0v) is 11.3. The van der Waals surface area contributed by atoms with Gasteiger partial charge < -0.3 is 9.47 Å². The second-order valence-corrected chi connectivity index (χ2v) is 4.85. The van der Waals surface area contributed by atoms with Gasteiger partial charge in [-0.05, 0) is 38.7 Å². The number of fused-ring (bicyclic) bond motifs is 1. The first-order valence-corrected chi connectivity index (χ1v) is 7.03. The van der Waals surface area contributed by atoms with E-state index in [1.807, 2.05) is 19.9 Å². The minimum Gasteiger partial charge on any atom is -0.450 e. The van der Waals surface area contributed by atoms with Gasteiger partial charge in [0.2, 0.25) is 0 Å². The Labute approximate surface area is 109 Å². The number of nitrogens with zero attached hydrogens (tertiary/aromatic N) is 1. The zero-order chi connectivity index (χ0) is 13.0. The van der Waals surface area contributed by atoms with Gasteiger partial charge in [-0.15, -0.1) is 0 Å². The molecule has 4 heteroatoms. The molecule has 1 saturated carbocycles. The van der Waals surface area contributed by atoms with E-state index >= 15 is 0 Å². The highest BCUT2D eigenvalue weighted by Crippen LogP contribution is 2.34. The number of amides is 1. The van der Waals surface area contributed by atoms with Crippen LogP contribution in [0.2, 0.25) is 0 Å². The van der Waals surface area contributed by atoms with Crippen LogP contribution in [0.3, 0.4) is 0 Å². The van der Waals surface area contributed by atoms with Crippen LogP contribution in [0, 0.1) is 5.92 Å². The predicted octanol–water partition coefficient (Wildman–Crippen LogP) is 2.94. The van der Waals surface area contributed by atoms with Crippen molar-refractivity contribution in [2.45, 2.75) is 51.8 Å². The summed E-state index contributed by atoms with van der Waals surface area (Å²) in [5.41, 5.74) is 0. The van der Waals surface area contributed by atoms with Gasteiger partial charge >= 0.3 is 6.09 Å². The van der Waals surface area contributed by atoms with Gasteiger partial charge in [0.25, 0.3) is 0 Å². The highest BCUT2D eigenvalue weighted by Gasteiger charge is 2.39. The molecule has 102 valence electrons. The second kappa shape index (κ2) is 6.23. The zero-order valence-electron chi connectivity index (χ0n) is 11.3. The molecule has 2 rings (SSSR count). The first kappa shape index (κ1) is 13.4. The summed E-state index contributed by atoms with van der Waals surface area (Å²) in [5, 5.41) is 0. The molecular weight excluding hydrogens is 230 g/mol. The highest BCUT2D eigenvalue weighted by molar-refractivity contribution is 5.69. The average molecular weight is 253 g/mol. The van der Waals surface area contributed by atoms with Crippen LogP contribution in [0.25, 0.3) is 0 Å². The average Bonchev–Trinajstić information content (AvgIpc) is 2.39. The lowest BCUT2D eigenvalue weighted by molar-refractivity contribution is -0.0590. The van der Waals surface area contributed by atoms with E-state index in [-0.39, 0.29) is 18.4 Å². The molecule has 0 N–H and O–H groups in total. The fourth-order valence-electron chi connectivity index (χ4n) is 2.97. The molecule has 0 bridgehead atoms. The maximum Gasteiger partial charge on any atom is 0.412 e. The summed E-state index contributed by atoms with van der Waals surface area (Å²) in [5.74, 6) is 0.472. The van der Waals surface area contributed by atoms with Crippen molar-refractivity contribution in [3.63, 3.8) is 0 Å². The topological polar surface area (TPSA) is 38.8 Å². The Morgan fingerprint density at radius 3 is 2.72 bits per heavy atom. The molecule has 3 atom stereocenters. The van der Waals surface area contributed by atoms with Crippen LogP contribution in [-0.4, -0.2) is 36.5 Å². The van der Waals surface area contributed by atoms with Crippen molar-refractivity contribution in [3.05, 3.63) is 12.2 Å². The Morgan fingerprint density at radius 2 is 2.00 bits per heavy atom. The van der Waals surface area contributed by atoms with E-state index in [0.29, 0.717) is 19.1 Å². The van der Waals surface area contributed by atoms with Crippen LogP contribution in [0.1, 0.15) is 39.5 Å². The van der Waals surface area contributed by atoms with E-state index < -0.39 is 0 Å². The SMILES string of the molecule is CCOC(=O)N1C(OCC)C=CC2CCCCC21. The number of rotatable bonds is 3. The Morgan fingerprint density at radius 1 is 1.22 bits per heavy atom. The van der Waals surface area contributed by atoms with Crippen LogP contribution < -0.4 is 0 Å².